The second-order valence-electron chi connectivity index (χ2n) is 9.94. The van der Waals surface area contributed by atoms with Gasteiger partial charge in [0.25, 0.3) is 5.91 Å². The van der Waals surface area contributed by atoms with Crippen LogP contribution in [0.4, 0.5) is 30.6 Å². The Balaban J connectivity index is 1.70. The summed E-state index contributed by atoms with van der Waals surface area (Å²) in [6.45, 7) is 3.48. The van der Waals surface area contributed by atoms with Crippen molar-refractivity contribution in [3.63, 3.8) is 0 Å². The first-order valence-corrected chi connectivity index (χ1v) is 13.5. The number of hydrogen-bond donors (Lipinski definition) is 2. The highest BCUT2D eigenvalue weighted by atomic mass is 19.1. The van der Waals surface area contributed by atoms with Gasteiger partial charge in [0.05, 0.1) is 24.9 Å². The van der Waals surface area contributed by atoms with Gasteiger partial charge in [0, 0.05) is 31.0 Å². The van der Waals surface area contributed by atoms with Gasteiger partial charge in [0.15, 0.2) is 6.61 Å². The number of esters is 1. The molecule has 12 heteroatoms. The number of likely N-dealkylation sites (N-methyl/N-ethyl adjacent to an activating group) is 1. The van der Waals surface area contributed by atoms with Crippen LogP contribution in [0.1, 0.15) is 30.6 Å². The minimum Gasteiger partial charge on any atom is -0.482 e. The number of methoxy groups -OCH3 is 1. The summed E-state index contributed by atoms with van der Waals surface area (Å²) in [5.74, 6) is -2.73. The van der Waals surface area contributed by atoms with Gasteiger partial charge in [-0.15, -0.1) is 0 Å². The van der Waals surface area contributed by atoms with Crippen LogP contribution < -0.4 is 25.2 Å². The first kappa shape index (κ1) is 32.5. The zero-order valence-electron chi connectivity index (χ0n) is 24.4. The first-order valence-electron chi connectivity index (χ1n) is 13.5. The normalized spacial score (nSPS) is 10.6. The average Bonchev–Trinajstić information content (AvgIpc) is 2.98. The number of amides is 4. The molecular formula is C31H34F2N4O6. The summed E-state index contributed by atoms with van der Waals surface area (Å²) < 4.78 is 37.7. The number of urea groups is 1. The molecule has 228 valence electrons. The molecule has 4 amide bonds. The van der Waals surface area contributed by atoms with Gasteiger partial charge < -0.3 is 29.9 Å². The first-order chi connectivity index (χ1) is 20.5. The Morgan fingerprint density at radius 3 is 2.28 bits per heavy atom. The number of para-hydroxylation sites is 2. The summed E-state index contributed by atoms with van der Waals surface area (Å²) in [4.78, 5) is 53.0. The van der Waals surface area contributed by atoms with Crippen LogP contribution >= 0.6 is 0 Å². The van der Waals surface area contributed by atoms with E-state index in [0.717, 1.165) is 17.0 Å². The summed E-state index contributed by atoms with van der Waals surface area (Å²) in [5.41, 5.74) is 0.988. The maximum Gasteiger partial charge on any atom is 0.337 e. The lowest BCUT2D eigenvalue weighted by Gasteiger charge is -2.26. The number of benzene rings is 3. The number of carbonyl (C=O) groups excluding carboxylic acids is 4. The molecule has 2 N–H and O–H groups in total. The van der Waals surface area contributed by atoms with Gasteiger partial charge in [-0.2, -0.15) is 0 Å². The Bertz CT molecular complexity index is 1450. The van der Waals surface area contributed by atoms with E-state index in [9.17, 15) is 28.0 Å². The molecule has 0 aliphatic heterocycles. The lowest BCUT2D eigenvalue weighted by atomic mass is 10.1. The van der Waals surface area contributed by atoms with E-state index in [2.05, 4.69) is 15.4 Å². The van der Waals surface area contributed by atoms with Gasteiger partial charge >= 0.3 is 12.0 Å². The third kappa shape index (κ3) is 9.52. The molecule has 0 spiro atoms. The van der Waals surface area contributed by atoms with Crippen molar-refractivity contribution in [2.45, 2.75) is 20.3 Å². The summed E-state index contributed by atoms with van der Waals surface area (Å²) >= 11 is 0. The Labute approximate surface area is 248 Å². The van der Waals surface area contributed by atoms with Crippen LogP contribution in [-0.2, 0) is 14.3 Å². The lowest BCUT2D eigenvalue weighted by molar-refractivity contribution is -0.120. The third-order valence-corrected chi connectivity index (χ3v) is 6.29. The fraction of sp³-hybridized carbons (Fsp3) is 0.290. The van der Waals surface area contributed by atoms with Gasteiger partial charge in [-0.05, 0) is 54.8 Å². The number of rotatable bonds is 12. The Kier molecular flexibility index (Phi) is 11.6. The van der Waals surface area contributed by atoms with Crippen LogP contribution in [0.3, 0.4) is 0 Å². The highest BCUT2D eigenvalue weighted by Gasteiger charge is 2.22. The molecule has 3 rings (SSSR count). The van der Waals surface area contributed by atoms with Crippen LogP contribution in [0.15, 0.2) is 66.7 Å². The molecular weight excluding hydrogens is 562 g/mol. The number of nitrogens with zero attached hydrogens (tertiary/aromatic N) is 2. The van der Waals surface area contributed by atoms with Gasteiger partial charge in [-0.25, -0.2) is 18.4 Å². The second-order valence-corrected chi connectivity index (χ2v) is 9.94. The molecule has 43 heavy (non-hydrogen) atoms. The van der Waals surface area contributed by atoms with E-state index in [0.29, 0.717) is 30.4 Å². The number of anilines is 3. The van der Waals surface area contributed by atoms with Crippen LogP contribution in [0.5, 0.6) is 5.75 Å². The SMILES string of the molecule is COC(=O)c1cccc(NC(=O)NCC(=O)N(CCC(C)C)c2ccccc2OCC(=O)N(C)c2cc(F)cc(F)c2)c1. The van der Waals surface area contributed by atoms with E-state index in [1.54, 1.807) is 36.4 Å². The van der Waals surface area contributed by atoms with Crippen LogP contribution in [0.25, 0.3) is 0 Å². The lowest BCUT2D eigenvalue weighted by Crippen LogP contribution is -2.42. The number of nitrogens with one attached hydrogen (secondary N) is 2. The minimum atomic E-state index is -0.822. The van der Waals surface area contributed by atoms with E-state index in [1.165, 1.54) is 31.2 Å². The molecule has 0 radical (unpaired) electrons. The zero-order chi connectivity index (χ0) is 31.5. The predicted octanol–water partition coefficient (Wildman–Crippen LogP) is 4.99. The van der Waals surface area contributed by atoms with Gasteiger partial charge in [-0.3, -0.25) is 9.59 Å². The highest BCUT2D eigenvalue weighted by Crippen LogP contribution is 2.29. The largest absolute Gasteiger partial charge is 0.482 e. The minimum absolute atomic E-state index is 0.0227. The third-order valence-electron chi connectivity index (χ3n) is 6.29. The van der Waals surface area contributed by atoms with Crippen LogP contribution in [0.2, 0.25) is 0 Å². The molecule has 0 saturated carbocycles. The predicted molar refractivity (Wildman–Crippen MR) is 158 cm³/mol. The maximum atomic E-state index is 13.6. The van der Waals surface area contributed by atoms with E-state index >= 15 is 0 Å². The summed E-state index contributed by atoms with van der Waals surface area (Å²) in [6.07, 6.45) is 0.638. The summed E-state index contributed by atoms with van der Waals surface area (Å²) in [5, 5.41) is 5.10. The van der Waals surface area contributed by atoms with Crippen molar-refractivity contribution >= 4 is 40.9 Å². The highest BCUT2D eigenvalue weighted by molar-refractivity contribution is 6.00. The van der Waals surface area contributed by atoms with Crippen molar-refractivity contribution in [1.29, 1.82) is 0 Å². The van der Waals surface area contributed by atoms with Crippen molar-refractivity contribution in [2.24, 2.45) is 5.92 Å². The van der Waals surface area contributed by atoms with E-state index in [1.807, 2.05) is 13.8 Å². The molecule has 3 aromatic carbocycles. The molecule has 0 unspecified atom stereocenters. The molecule has 10 nitrogen and oxygen atoms in total. The standard InChI is InChI=1S/C31H34F2N4O6/c1-20(2)12-13-37(28(38)18-34-31(41)35-24-9-7-8-21(14-24)30(40)42-4)26-10-5-6-11-27(26)43-19-29(39)36(3)25-16-22(32)15-23(33)17-25/h5-11,14-17,20H,12-13,18-19H2,1-4H3,(H2,34,35,41). The molecule has 0 atom stereocenters. The molecule has 0 heterocycles. The topological polar surface area (TPSA) is 117 Å². The van der Waals surface area contributed by atoms with Crippen molar-refractivity contribution in [3.8, 4) is 5.75 Å². The van der Waals surface area contributed by atoms with Crippen LogP contribution in [0, 0.1) is 17.6 Å². The number of halogens is 2. The van der Waals surface area contributed by atoms with E-state index in [4.69, 9.17) is 4.74 Å². The van der Waals surface area contributed by atoms with Gasteiger partial charge in [-0.1, -0.05) is 32.0 Å². The Morgan fingerprint density at radius 1 is 0.907 bits per heavy atom. The van der Waals surface area contributed by atoms with E-state index in [-0.39, 0.29) is 29.5 Å². The van der Waals surface area contributed by atoms with Crippen LogP contribution in [-0.4, -0.2) is 57.7 Å². The quantitative estimate of drug-likeness (QED) is 0.285. The van der Waals surface area contributed by atoms with Crippen molar-refractivity contribution in [3.05, 3.63) is 83.9 Å². The molecule has 0 fully saturated rings. The number of hydrogen-bond acceptors (Lipinski definition) is 6. The fourth-order valence-electron chi connectivity index (χ4n) is 3.95. The molecule has 0 bridgehead atoms. The summed E-state index contributed by atoms with van der Waals surface area (Å²) in [7, 11) is 2.62. The Hall–Kier alpha value is -5.00. The smallest absolute Gasteiger partial charge is 0.337 e. The summed E-state index contributed by atoms with van der Waals surface area (Å²) in [6, 6.07) is 14.9. The van der Waals surface area contributed by atoms with Gasteiger partial charge in [0.2, 0.25) is 5.91 Å². The molecule has 0 aliphatic rings. The Morgan fingerprint density at radius 2 is 1.60 bits per heavy atom. The van der Waals surface area contributed by atoms with E-state index < -0.39 is 42.1 Å². The maximum absolute atomic E-state index is 13.6. The van der Waals surface area contributed by atoms with Crippen molar-refractivity contribution in [2.75, 3.05) is 49.0 Å². The molecule has 3 aromatic rings. The zero-order valence-corrected chi connectivity index (χ0v) is 24.4. The molecule has 0 saturated heterocycles. The molecule has 0 aromatic heterocycles. The second kappa shape index (κ2) is 15.3. The van der Waals surface area contributed by atoms with Gasteiger partial charge in [0.1, 0.15) is 17.4 Å². The fourth-order valence-corrected chi connectivity index (χ4v) is 3.95. The average molecular weight is 597 g/mol. The van der Waals surface area contributed by atoms with Crippen molar-refractivity contribution < 1.29 is 37.4 Å². The number of carbonyl (C=O) groups is 4. The monoisotopic (exact) mass is 596 g/mol. The number of ether oxygens (including phenoxy) is 2. The molecule has 0 aliphatic carbocycles. The van der Waals surface area contributed by atoms with Crippen molar-refractivity contribution in [1.82, 2.24) is 5.32 Å².